The number of carbonyl (C=O) groups excluding carboxylic acids is 2. The van der Waals surface area contributed by atoms with Crippen molar-refractivity contribution in [2.75, 3.05) is 11.9 Å². The Balaban J connectivity index is 1.64. The molecule has 7 heteroatoms. The zero-order valence-electron chi connectivity index (χ0n) is 16.3. The molecule has 29 heavy (non-hydrogen) atoms. The fraction of sp³-hybridized carbons (Fsp3) is 0.227. The molecule has 150 valence electrons. The second-order valence-electron chi connectivity index (χ2n) is 6.25. The van der Waals surface area contributed by atoms with Crippen LogP contribution in [0.15, 0.2) is 64.3 Å². The summed E-state index contributed by atoms with van der Waals surface area (Å²) in [6, 6.07) is 17.7. The lowest BCUT2D eigenvalue weighted by atomic mass is 10.0. The van der Waals surface area contributed by atoms with E-state index in [1.165, 1.54) is 23.1 Å². The molecule has 1 aromatic heterocycles. The normalized spacial score (nSPS) is 11.7. The number of carbonyl (C=O) groups is 2. The number of hydrogen-bond acceptors (Lipinski definition) is 6. The van der Waals surface area contributed by atoms with Gasteiger partial charge in [0.2, 0.25) is 5.91 Å². The molecule has 0 spiro atoms. The highest BCUT2D eigenvalue weighted by atomic mass is 32.2. The van der Waals surface area contributed by atoms with Crippen LogP contribution in [0.1, 0.15) is 19.5 Å². The molecular weight excluding hydrogens is 404 g/mol. The van der Waals surface area contributed by atoms with Gasteiger partial charge in [-0.25, -0.2) is 4.98 Å². The van der Waals surface area contributed by atoms with Gasteiger partial charge in [-0.1, -0.05) is 60.3 Å². The zero-order chi connectivity index (χ0) is 20.6. The number of thioether (sulfide) groups is 1. The molecular formula is C22H22N2O3S2. The van der Waals surface area contributed by atoms with Crippen LogP contribution in [0.3, 0.4) is 0 Å². The van der Waals surface area contributed by atoms with E-state index in [1.807, 2.05) is 66.9 Å². The van der Waals surface area contributed by atoms with E-state index < -0.39 is 0 Å². The van der Waals surface area contributed by atoms with Gasteiger partial charge in [-0.3, -0.25) is 9.59 Å². The van der Waals surface area contributed by atoms with Gasteiger partial charge in [-0.2, -0.15) is 0 Å². The Bertz CT molecular complexity index is 973. The molecule has 0 fully saturated rings. The monoisotopic (exact) mass is 426 g/mol. The second-order valence-corrected chi connectivity index (χ2v) is 8.69. The minimum Gasteiger partial charge on any atom is -0.466 e. The van der Waals surface area contributed by atoms with Crippen molar-refractivity contribution in [2.45, 2.75) is 29.9 Å². The number of para-hydroxylation sites is 1. The van der Waals surface area contributed by atoms with Crippen molar-refractivity contribution >= 4 is 40.7 Å². The lowest BCUT2D eigenvalue weighted by Crippen LogP contribution is -2.22. The minimum absolute atomic E-state index is 0.0967. The smallest absolute Gasteiger partial charge is 0.311 e. The lowest BCUT2D eigenvalue weighted by molar-refractivity contribution is -0.142. The van der Waals surface area contributed by atoms with Crippen molar-refractivity contribution in [2.24, 2.45) is 0 Å². The molecule has 5 nitrogen and oxygen atoms in total. The summed E-state index contributed by atoms with van der Waals surface area (Å²) in [5.74, 6) is -0.391. The predicted octanol–water partition coefficient (Wildman–Crippen LogP) is 5.04. The summed E-state index contributed by atoms with van der Waals surface area (Å²) in [6.07, 6.45) is 0.149. The first kappa shape index (κ1) is 21.1. The first-order chi connectivity index (χ1) is 14.1. The van der Waals surface area contributed by atoms with E-state index in [1.54, 1.807) is 6.92 Å². The summed E-state index contributed by atoms with van der Waals surface area (Å²) in [7, 11) is 0. The van der Waals surface area contributed by atoms with Crippen LogP contribution < -0.4 is 5.32 Å². The number of hydrogen-bond donors (Lipinski definition) is 1. The van der Waals surface area contributed by atoms with E-state index in [9.17, 15) is 9.59 Å². The van der Waals surface area contributed by atoms with Crippen molar-refractivity contribution in [3.8, 4) is 11.1 Å². The second kappa shape index (κ2) is 10.2. The molecule has 0 aliphatic heterocycles. The maximum Gasteiger partial charge on any atom is 0.311 e. The number of rotatable bonds is 8. The van der Waals surface area contributed by atoms with Gasteiger partial charge >= 0.3 is 5.97 Å². The SMILES string of the molecule is CCOC(=O)Cc1csc(SC(C)C(=O)Nc2ccccc2-c2ccccc2)n1. The van der Waals surface area contributed by atoms with E-state index >= 15 is 0 Å². The maximum atomic E-state index is 12.7. The first-order valence-electron chi connectivity index (χ1n) is 9.28. The number of ether oxygens (including phenoxy) is 1. The first-order valence-corrected chi connectivity index (χ1v) is 11.0. The Labute approximate surface area is 178 Å². The van der Waals surface area contributed by atoms with Gasteiger partial charge in [0.15, 0.2) is 4.34 Å². The topological polar surface area (TPSA) is 68.3 Å². The van der Waals surface area contributed by atoms with Gasteiger partial charge in [0.1, 0.15) is 0 Å². The predicted molar refractivity (Wildman–Crippen MR) is 118 cm³/mol. The third kappa shape index (κ3) is 5.92. The molecule has 1 unspecified atom stereocenters. The molecule has 1 heterocycles. The van der Waals surface area contributed by atoms with Crippen LogP contribution in [-0.4, -0.2) is 28.7 Å². The van der Waals surface area contributed by atoms with Gasteiger partial charge in [-0.05, 0) is 25.5 Å². The fourth-order valence-electron chi connectivity index (χ4n) is 2.68. The van der Waals surface area contributed by atoms with E-state index in [0.717, 1.165) is 21.2 Å². The maximum absolute atomic E-state index is 12.7. The van der Waals surface area contributed by atoms with E-state index in [0.29, 0.717) is 12.3 Å². The molecule has 1 amide bonds. The summed E-state index contributed by atoms with van der Waals surface area (Å²) >= 11 is 2.80. The lowest BCUT2D eigenvalue weighted by Gasteiger charge is -2.14. The summed E-state index contributed by atoms with van der Waals surface area (Å²) in [4.78, 5) is 28.7. The fourth-order valence-corrected chi connectivity index (χ4v) is 4.67. The van der Waals surface area contributed by atoms with Crippen LogP contribution in [0.5, 0.6) is 0 Å². The number of aromatic nitrogens is 1. The van der Waals surface area contributed by atoms with Crippen LogP contribution in [-0.2, 0) is 20.7 Å². The number of thiazole rings is 1. The van der Waals surface area contributed by atoms with Crippen molar-refractivity contribution in [1.29, 1.82) is 0 Å². The molecule has 0 saturated carbocycles. The molecule has 1 N–H and O–H groups in total. The average Bonchev–Trinajstić information content (AvgIpc) is 3.15. The molecule has 3 aromatic rings. The number of esters is 1. The average molecular weight is 427 g/mol. The molecule has 3 rings (SSSR count). The Morgan fingerprint density at radius 3 is 2.62 bits per heavy atom. The standard InChI is InChI=1S/C22H22N2O3S2/c1-3-27-20(25)13-17-14-28-22(23-17)29-15(2)21(26)24-19-12-8-7-11-18(19)16-9-5-4-6-10-16/h4-12,14-15H,3,13H2,1-2H3,(H,24,26). The number of benzene rings is 2. The highest BCUT2D eigenvalue weighted by molar-refractivity contribution is 8.02. The molecule has 0 saturated heterocycles. The van der Waals surface area contributed by atoms with Crippen LogP contribution in [0.2, 0.25) is 0 Å². The third-order valence-corrected chi connectivity index (χ3v) is 6.20. The van der Waals surface area contributed by atoms with Gasteiger partial charge < -0.3 is 10.1 Å². The molecule has 1 atom stereocenters. The van der Waals surface area contributed by atoms with Crippen LogP contribution in [0.25, 0.3) is 11.1 Å². The minimum atomic E-state index is -0.333. The van der Waals surface area contributed by atoms with Gasteiger partial charge in [0.05, 0.1) is 24.0 Å². The van der Waals surface area contributed by atoms with Crippen LogP contribution in [0, 0.1) is 0 Å². The van der Waals surface area contributed by atoms with Crippen molar-refractivity contribution < 1.29 is 14.3 Å². The van der Waals surface area contributed by atoms with Gasteiger partial charge in [0, 0.05) is 16.6 Å². The molecule has 0 aliphatic rings. The van der Waals surface area contributed by atoms with E-state index in [2.05, 4.69) is 10.3 Å². The Hall–Kier alpha value is -2.64. The summed E-state index contributed by atoms with van der Waals surface area (Å²) in [6.45, 7) is 3.97. The molecule has 2 aromatic carbocycles. The highest BCUT2D eigenvalue weighted by Crippen LogP contribution is 2.30. The van der Waals surface area contributed by atoms with Gasteiger partial charge in [0.25, 0.3) is 0 Å². The highest BCUT2D eigenvalue weighted by Gasteiger charge is 2.18. The zero-order valence-corrected chi connectivity index (χ0v) is 17.9. The number of nitrogens with one attached hydrogen (secondary N) is 1. The van der Waals surface area contributed by atoms with Crippen LogP contribution >= 0.6 is 23.1 Å². The summed E-state index contributed by atoms with van der Waals surface area (Å²) in [5.41, 5.74) is 3.47. The van der Waals surface area contributed by atoms with Crippen molar-refractivity contribution in [3.05, 3.63) is 65.7 Å². The van der Waals surface area contributed by atoms with E-state index in [4.69, 9.17) is 4.74 Å². The van der Waals surface area contributed by atoms with E-state index in [-0.39, 0.29) is 23.5 Å². The Kier molecular flexibility index (Phi) is 7.43. The number of nitrogens with zero attached hydrogens (tertiary/aromatic N) is 1. The Morgan fingerprint density at radius 1 is 1.14 bits per heavy atom. The van der Waals surface area contributed by atoms with Gasteiger partial charge in [-0.15, -0.1) is 11.3 Å². The molecule has 0 aliphatic carbocycles. The largest absolute Gasteiger partial charge is 0.466 e. The number of anilines is 1. The third-order valence-electron chi connectivity index (χ3n) is 4.08. The molecule has 0 radical (unpaired) electrons. The Morgan fingerprint density at radius 2 is 1.86 bits per heavy atom. The molecule has 0 bridgehead atoms. The summed E-state index contributed by atoms with van der Waals surface area (Å²) < 4.78 is 5.70. The van der Waals surface area contributed by atoms with Crippen molar-refractivity contribution in [3.63, 3.8) is 0 Å². The number of amides is 1. The quantitative estimate of drug-likeness (QED) is 0.404. The van der Waals surface area contributed by atoms with Crippen LogP contribution in [0.4, 0.5) is 5.69 Å². The summed E-state index contributed by atoms with van der Waals surface area (Å²) in [5, 5.41) is 4.52. The van der Waals surface area contributed by atoms with Crippen molar-refractivity contribution in [1.82, 2.24) is 4.98 Å².